The first-order valence-electron chi connectivity index (χ1n) is 3.73. The van der Waals surface area contributed by atoms with Crippen molar-refractivity contribution in [2.75, 3.05) is 6.61 Å². The fourth-order valence-electron chi connectivity index (χ4n) is 1.19. The van der Waals surface area contributed by atoms with Gasteiger partial charge in [0.25, 0.3) is 0 Å². The van der Waals surface area contributed by atoms with Crippen molar-refractivity contribution in [3.8, 4) is 0 Å². The van der Waals surface area contributed by atoms with E-state index >= 15 is 0 Å². The number of hydrogen-bond donors (Lipinski definition) is 2. The Morgan fingerprint density at radius 2 is 2.30 bits per heavy atom. The van der Waals surface area contributed by atoms with Crippen molar-refractivity contribution in [1.82, 2.24) is 0 Å². The first kappa shape index (κ1) is 8.20. The molecule has 0 saturated carbocycles. The van der Waals surface area contributed by atoms with E-state index in [0.29, 0.717) is 0 Å². The van der Waals surface area contributed by atoms with E-state index in [2.05, 4.69) is 0 Å². The van der Waals surface area contributed by atoms with Crippen LogP contribution in [0.5, 0.6) is 0 Å². The van der Waals surface area contributed by atoms with Gasteiger partial charge >= 0.3 is 0 Å². The van der Waals surface area contributed by atoms with E-state index in [1.807, 2.05) is 0 Å². The van der Waals surface area contributed by atoms with Crippen LogP contribution in [0.25, 0.3) is 0 Å². The molecule has 1 rings (SSSR count). The Kier molecular flexibility index (Phi) is 2.46. The molecule has 1 heterocycles. The number of hydrogen-bond acceptors (Lipinski definition) is 3. The number of rotatable bonds is 1. The van der Waals surface area contributed by atoms with Gasteiger partial charge in [-0.15, -0.1) is 0 Å². The molecule has 2 unspecified atom stereocenters. The molecule has 0 bridgehead atoms. The van der Waals surface area contributed by atoms with Gasteiger partial charge in [0.05, 0.1) is 5.22 Å². The van der Waals surface area contributed by atoms with E-state index in [0.717, 1.165) is 36.1 Å². The minimum Gasteiger partial charge on any atom is -0.376 e. The van der Waals surface area contributed by atoms with Crippen LogP contribution in [-0.4, -0.2) is 33.4 Å². The summed E-state index contributed by atoms with van der Waals surface area (Å²) in [7, 11) is 0.817. The van der Waals surface area contributed by atoms with E-state index in [1.165, 1.54) is 0 Å². The van der Waals surface area contributed by atoms with E-state index < -0.39 is 6.23 Å². The summed E-state index contributed by atoms with van der Waals surface area (Å²) in [6.45, 7) is 0.762. The molecule has 1 aliphatic rings. The molecule has 60 valence electrons. The van der Waals surface area contributed by atoms with Crippen molar-refractivity contribution in [3.05, 3.63) is 0 Å². The van der Waals surface area contributed by atoms with Crippen LogP contribution in [0.3, 0.4) is 0 Å². The molecule has 0 amide bonds. The third-order valence-corrected chi connectivity index (χ3v) is 3.51. The maximum absolute atomic E-state index is 9.12. The molecule has 1 saturated heterocycles. The van der Waals surface area contributed by atoms with Gasteiger partial charge in [-0.1, -0.05) is 0 Å². The minimum atomic E-state index is -0.778. The second-order valence-corrected chi connectivity index (χ2v) is 4.76. The highest BCUT2D eigenvalue weighted by atomic mass is 28.1. The first-order valence-corrected chi connectivity index (χ1v) is 4.73. The van der Waals surface area contributed by atoms with E-state index in [-0.39, 0.29) is 5.22 Å². The summed E-state index contributed by atoms with van der Waals surface area (Å²) in [5, 5.41) is 8.77. The standard InChI is InChI=1S/C6H15NO2Si/c7-5(8)6(10)3-1-2-4-9-6/h5,8H,1-4,7H2,10H3. The smallest absolute Gasteiger partial charge is 0.127 e. The highest BCUT2D eigenvalue weighted by molar-refractivity contribution is 6.15. The lowest BCUT2D eigenvalue weighted by Gasteiger charge is -2.36. The molecule has 0 spiro atoms. The summed E-state index contributed by atoms with van der Waals surface area (Å²) in [6, 6.07) is 0. The predicted octanol–water partition coefficient (Wildman–Crippen LogP) is -1.47. The maximum atomic E-state index is 9.12. The lowest BCUT2D eigenvalue weighted by atomic mass is 10.1. The Hall–Kier alpha value is 0.0969. The molecule has 0 aromatic rings. The van der Waals surface area contributed by atoms with Crippen molar-refractivity contribution in [3.63, 3.8) is 0 Å². The zero-order chi connectivity index (χ0) is 7.61. The number of aliphatic hydroxyl groups is 1. The molecule has 0 aliphatic carbocycles. The topological polar surface area (TPSA) is 55.5 Å². The summed E-state index contributed by atoms with van der Waals surface area (Å²) in [4.78, 5) is 0. The average molecular weight is 161 g/mol. The lowest BCUT2D eigenvalue weighted by Crippen LogP contribution is -2.52. The third-order valence-electron chi connectivity index (χ3n) is 2.12. The van der Waals surface area contributed by atoms with Gasteiger partial charge in [-0.2, -0.15) is 0 Å². The van der Waals surface area contributed by atoms with E-state index in [9.17, 15) is 0 Å². The summed E-state index contributed by atoms with van der Waals surface area (Å²) in [6.07, 6.45) is 2.39. The van der Waals surface area contributed by atoms with Gasteiger partial charge in [0.15, 0.2) is 0 Å². The predicted molar refractivity (Wildman–Crippen MR) is 42.7 cm³/mol. The molecule has 1 fully saturated rings. The minimum absolute atomic E-state index is 0.349. The van der Waals surface area contributed by atoms with Crippen LogP contribution < -0.4 is 5.73 Å². The lowest BCUT2D eigenvalue weighted by molar-refractivity contribution is -0.0905. The average Bonchev–Trinajstić information content (AvgIpc) is 1.89. The molecular weight excluding hydrogens is 146 g/mol. The molecule has 0 aromatic heterocycles. The second-order valence-electron chi connectivity index (χ2n) is 3.06. The highest BCUT2D eigenvalue weighted by Gasteiger charge is 2.32. The second kappa shape index (κ2) is 3.00. The first-order chi connectivity index (χ1) is 4.65. The van der Waals surface area contributed by atoms with Crippen molar-refractivity contribution in [1.29, 1.82) is 0 Å². The number of nitrogens with two attached hydrogens (primary N) is 1. The quantitative estimate of drug-likeness (QED) is 0.364. The molecule has 0 radical (unpaired) electrons. The van der Waals surface area contributed by atoms with Gasteiger partial charge in [0, 0.05) is 16.8 Å². The van der Waals surface area contributed by atoms with Crippen LogP contribution in [0.2, 0.25) is 0 Å². The Balaban J connectivity index is 2.48. The van der Waals surface area contributed by atoms with Crippen LogP contribution in [-0.2, 0) is 4.74 Å². The van der Waals surface area contributed by atoms with Gasteiger partial charge in [-0.3, -0.25) is 0 Å². The van der Waals surface area contributed by atoms with Crippen molar-refractivity contribution in [2.45, 2.75) is 30.7 Å². The molecule has 3 N–H and O–H groups in total. The molecule has 0 aromatic carbocycles. The van der Waals surface area contributed by atoms with Crippen molar-refractivity contribution >= 4 is 10.2 Å². The summed E-state index contributed by atoms with van der Waals surface area (Å²) in [5.41, 5.74) is 5.37. The molecular formula is C6H15NO2Si. The van der Waals surface area contributed by atoms with Gasteiger partial charge in [0.2, 0.25) is 0 Å². The van der Waals surface area contributed by atoms with Gasteiger partial charge in [0.1, 0.15) is 6.23 Å². The zero-order valence-corrected chi connectivity index (χ0v) is 8.34. The van der Waals surface area contributed by atoms with Gasteiger partial charge in [-0.05, 0) is 19.3 Å². The molecule has 1 aliphatic heterocycles. The normalized spacial score (nSPS) is 37.8. The monoisotopic (exact) mass is 161 g/mol. The Morgan fingerprint density at radius 3 is 2.60 bits per heavy atom. The fourth-order valence-corrected chi connectivity index (χ4v) is 1.75. The Bertz CT molecular complexity index is 112. The van der Waals surface area contributed by atoms with Crippen molar-refractivity contribution < 1.29 is 9.84 Å². The van der Waals surface area contributed by atoms with Gasteiger partial charge in [-0.25, -0.2) is 0 Å². The molecule has 10 heavy (non-hydrogen) atoms. The van der Waals surface area contributed by atoms with Crippen LogP contribution in [0.4, 0.5) is 0 Å². The summed E-state index contributed by atoms with van der Waals surface area (Å²) in [5.74, 6) is 0. The summed E-state index contributed by atoms with van der Waals surface area (Å²) >= 11 is 0. The van der Waals surface area contributed by atoms with Crippen LogP contribution in [0, 0.1) is 0 Å². The molecule has 2 atom stereocenters. The van der Waals surface area contributed by atoms with E-state index in [4.69, 9.17) is 15.6 Å². The maximum Gasteiger partial charge on any atom is 0.127 e. The van der Waals surface area contributed by atoms with Crippen molar-refractivity contribution in [2.24, 2.45) is 5.73 Å². The largest absolute Gasteiger partial charge is 0.376 e. The summed E-state index contributed by atoms with van der Waals surface area (Å²) < 4.78 is 5.41. The van der Waals surface area contributed by atoms with Crippen LogP contribution in [0.1, 0.15) is 19.3 Å². The SMILES string of the molecule is NC(O)C1([SiH3])CCCCO1. The number of ether oxygens (including phenoxy) is 1. The molecule has 3 nitrogen and oxygen atoms in total. The number of aliphatic hydroxyl groups excluding tert-OH is 1. The molecule has 4 heteroatoms. The Labute approximate surface area is 64.0 Å². The fraction of sp³-hybridized carbons (Fsp3) is 1.00. The van der Waals surface area contributed by atoms with Crippen LogP contribution >= 0.6 is 0 Å². The Morgan fingerprint density at radius 1 is 1.60 bits per heavy atom. The zero-order valence-electron chi connectivity index (χ0n) is 6.34. The highest BCUT2D eigenvalue weighted by Crippen LogP contribution is 2.22. The van der Waals surface area contributed by atoms with Crippen LogP contribution in [0.15, 0.2) is 0 Å². The van der Waals surface area contributed by atoms with Gasteiger partial charge < -0.3 is 15.6 Å². The third kappa shape index (κ3) is 1.57. The van der Waals surface area contributed by atoms with E-state index in [1.54, 1.807) is 0 Å².